The summed E-state index contributed by atoms with van der Waals surface area (Å²) in [6.45, 7) is 0.498. The molecular formula is C14H16N2O4. The Kier molecular flexibility index (Phi) is 4.02. The first-order chi connectivity index (χ1) is 9.47. The number of carbonyl (C=O) groups excluding carboxylic acids is 2. The Bertz CT molecular complexity index is 539. The highest BCUT2D eigenvalue weighted by atomic mass is 16.4. The lowest BCUT2D eigenvalue weighted by Gasteiger charge is -2.30. The van der Waals surface area contributed by atoms with Gasteiger partial charge in [0.05, 0.1) is 5.56 Å². The maximum absolute atomic E-state index is 12.0. The summed E-state index contributed by atoms with van der Waals surface area (Å²) in [4.78, 5) is 35.7. The summed E-state index contributed by atoms with van der Waals surface area (Å²) >= 11 is 0. The minimum atomic E-state index is -1.02. The number of nitrogens with one attached hydrogen (secondary N) is 1. The van der Waals surface area contributed by atoms with E-state index in [4.69, 9.17) is 5.11 Å². The van der Waals surface area contributed by atoms with Crippen molar-refractivity contribution in [2.75, 3.05) is 13.6 Å². The van der Waals surface area contributed by atoms with Crippen molar-refractivity contribution in [2.45, 2.75) is 18.9 Å². The number of carboxylic acids is 1. The van der Waals surface area contributed by atoms with Crippen LogP contribution in [0.15, 0.2) is 24.3 Å². The molecule has 1 fully saturated rings. The molecular weight excluding hydrogens is 260 g/mol. The van der Waals surface area contributed by atoms with E-state index in [2.05, 4.69) is 5.32 Å². The van der Waals surface area contributed by atoms with E-state index in [0.717, 1.165) is 0 Å². The van der Waals surface area contributed by atoms with Gasteiger partial charge in [-0.25, -0.2) is 4.79 Å². The number of likely N-dealkylation sites (N-methyl/N-ethyl adjacent to an activating group) is 1. The third kappa shape index (κ3) is 3.14. The van der Waals surface area contributed by atoms with Crippen LogP contribution in [0.5, 0.6) is 0 Å². The number of rotatable bonds is 3. The van der Waals surface area contributed by atoms with Crippen molar-refractivity contribution in [2.24, 2.45) is 0 Å². The molecule has 0 spiro atoms. The number of carboxylic acid groups (broad SMARTS) is 1. The fraction of sp³-hybridized carbons (Fsp3) is 0.357. The highest BCUT2D eigenvalue weighted by Gasteiger charge is 2.24. The molecule has 1 aliphatic heterocycles. The summed E-state index contributed by atoms with van der Waals surface area (Å²) < 4.78 is 0. The molecule has 106 valence electrons. The molecule has 20 heavy (non-hydrogen) atoms. The maximum Gasteiger partial charge on any atom is 0.335 e. The van der Waals surface area contributed by atoms with E-state index in [-0.39, 0.29) is 23.4 Å². The highest BCUT2D eigenvalue weighted by Crippen LogP contribution is 2.11. The molecule has 0 aromatic heterocycles. The molecule has 6 nitrogen and oxygen atoms in total. The Morgan fingerprint density at radius 2 is 1.85 bits per heavy atom. The van der Waals surface area contributed by atoms with Gasteiger partial charge in [0, 0.05) is 31.6 Å². The Balaban J connectivity index is 1.98. The molecule has 6 heteroatoms. The van der Waals surface area contributed by atoms with Crippen molar-refractivity contribution in [3.05, 3.63) is 35.4 Å². The van der Waals surface area contributed by atoms with Crippen LogP contribution in [-0.2, 0) is 4.79 Å². The molecule has 2 rings (SSSR count). The van der Waals surface area contributed by atoms with Crippen molar-refractivity contribution in [1.29, 1.82) is 0 Å². The zero-order chi connectivity index (χ0) is 14.7. The van der Waals surface area contributed by atoms with Gasteiger partial charge in [0.1, 0.15) is 0 Å². The third-order valence-corrected chi connectivity index (χ3v) is 3.36. The van der Waals surface area contributed by atoms with Gasteiger partial charge in [-0.2, -0.15) is 0 Å². The van der Waals surface area contributed by atoms with Gasteiger partial charge in [-0.1, -0.05) is 0 Å². The predicted octanol–water partition coefficient (Wildman–Crippen LogP) is 0.735. The summed E-state index contributed by atoms with van der Waals surface area (Å²) in [6, 6.07) is 5.69. The number of carbonyl (C=O) groups is 3. The zero-order valence-corrected chi connectivity index (χ0v) is 11.1. The normalized spacial score (nSPS) is 18.8. The van der Waals surface area contributed by atoms with E-state index in [0.29, 0.717) is 24.9 Å². The van der Waals surface area contributed by atoms with Crippen LogP contribution in [0.1, 0.15) is 33.6 Å². The Labute approximate surface area is 116 Å². The Morgan fingerprint density at radius 3 is 2.40 bits per heavy atom. The van der Waals surface area contributed by atoms with Gasteiger partial charge < -0.3 is 15.3 Å². The van der Waals surface area contributed by atoms with Gasteiger partial charge in [0.15, 0.2) is 0 Å². The van der Waals surface area contributed by atoms with Gasteiger partial charge in [0.2, 0.25) is 5.91 Å². The van der Waals surface area contributed by atoms with E-state index in [1.165, 1.54) is 24.3 Å². The average molecular weight is 276 g/mol. The van der Waals surface area contributed by atoms with Gasteiger partial charge >= 0.3 is 5.97 Å². The van der Waals surface area contributed by atoms with Crippen LogP contribution in [0.2, 0.25) is 0 Å². The first kappa shape index (κ1) is 14.0. The number of nitrogens with zero attached hydrogens (tertiary/aromatic N) is 1. The van der Waals surface area contributed by atoms with Crippen LogP contribution in [0.25, 0.3) is 0 Å². The quantitative estimate of drug-likeness (QED) is 0.852. The molecule has 1 saturated heterocycles. The second-order valence-electron chi connectivity index (χ2n) is 4.87. The van der Waals surface area contributed by atoms with E-state index in [9.17, 15) is 14.4 Å². The SMILES string of the molecule is CN1C[C@H](NC(=O)c2ccc(C(=O)O)cc2)CCC1=O. The standard InChI is InChI=1S/C14H16N2O4/c1-16-8-11(6-7-12(16)17)15-13(18)9-2-4-10(5-3-9)14(19)20/h2-5,11H,6-8H2,1H3,(H,15,18)(H,19,20)/t11-/m1/s1. The molecule has 1 aromatic rings. The highest BCUT2D eigenvalue weighted by molar-refractivity contribution is 5.96. The fourth-order valence-corrected chi connectivity index (χ4v) is 2.16. The Morgan fingerprint density at radius 1 is 1.25 bits per heavy atom. The summed E-state index contributed by atoms with van der Waals surface area (Å²) in [5.41, 5.74) is 0.555. The number of piperidine rings is 1. The number of benzene rings is 1. The Hall–Kier alpha value is -2.37. The first-order valence-electron chi connectivity index (χ1n) is 6.35. The van der Waals surface area contributed by atoms with Crippen molar-refractivity contribution in [3.63, 3.8) is 0 Å². The van der Waals surface area contributed by atoms with Crippen LogP contribution in [0.4, 0.5) is 0 Å². The van der Waals surface area contributed by atoms with Gasteiger partial charge in [0.25, 0.3) is 5.91 Å². The van der Waals surface area contributed by atoms with Crippen LogP contribution in [0.3, 0.4) is 0 Å². The maximum atomic E-state index is 12.0. The van der Waals surface area contributed by atoms with E-state index < -0.39 is 5.97 Å². The lowest BCUT2D eigenvalue weighted by Crippen LogP contribution is -2.48. The smallest absolute Gasteiger partial charge is 0.335 e. The van der Waals surface area contributed by atoms with E-state index in [1.54, 1.807) is 11.9 Å². The van der Waals surface area contributed by atoms with Crippen LogP contribution < -0.4 is 5.32 Å². The molecule has 1 aliphatic rings. The van der Waals surface area contributed by atoms with Crippen molar-refractivity contribution >= 4 is 17.8 Å². The van der Waals surface area contributed by atoms with Gasteiger partial charge in [-0.15, -0.1) is 0 Å². The van der Waals surface area contributed by atoms with E-state index >= 15 is 0 Å². The largest absolute Gasteiger partial charge is 0.478 e. The second-order valence-corrected chi connectivity index (χ2v) is 4.87. The molecule has 1 aromatic carbocycles. The summed E-state index contributed by atoms with van der Waals surface area (Å²) in [6.07, 6.45) is 1.06. The van der Waals surface area contributed by atoms with Crippen molar-refractivity contribution < 1.29 is 19.5 Å². The molecule has 1 atom stereocenters. The second kappa shape index (κ2) is 5.73. The van der Waals surface area contributed by atoms with Crippen LogP contribution in [-0.4, -0.2) is 47.4 Å². The average Bonchev–Trinajstić information content (AvgIpc) is 2.43. The number of hydrogen-bond acceptors (Lipinski definition) is 3. The zero-order valence-electron chi connectivity index (χ0n) is 11.1. The van der Waals surface area contributed by atoms with Gasteiger partial charge in [-0.05, 0) is 30.7 Å². The van der Waals surface area contributed by atoms with Crippen LogP contribution in [0, 0.1) is 0 Å². The monoisotopic (exact) mass is 276 g/mol. The molecule has 0 radical (unpaired) electrons. The number of hydrogen-bond donors (Lipinski definition) is 2. The van der Waals surface area contributed by atoms with Crippen molar-refractivity contribution in [3.8, 4) is 0 Å². The predicted molar refractivity (Wildman–Crippen MR) is 71.5 cm³/mol. The third-order valence-electron chi connectivity index (χ3n) is 3.36. The van der Waals surface area contributed by atoms with Crippen LogP contribution >= 0.6 is 0 Å². The molecule has 2 amide bonds. The molecule has 0 saturated carbocycles. The topological polar surface area (TPSA) is 86.7 Å². The lowest BCUT2D eigenvalue weighted by molar-refractivity contribution is -0.132. The molecule has 1 heterocycles. The fourth-order valence-electron chi connectivity index (χ4n) is 2.16. The summed E-state index contributed by atoms with van der Waals surface area (Å²) in [7, 11) is 1.71. The lowest BCUT2D eigenvalue weighted by atomic mass is 10.0. The number of likely N-dealkylation sites (tertiary alicyclic amines) is 1. The number of amides is 2. The molecule has 0 bridgehead atoms. The molecule has 0 aliphatic carbocycles. The van der Waals surface area contributed by atoms with E-state index in [1.807, 2.05) is 0 Å². The van der Waals surface area contributed by atoms with Crippen molar-refractivity contribution in [1.82, 2.24) is 10.2 Å². The number of aromatic carboxylic acids is 1. The minimum absolute atomic E-state index is 0.0654. The first-order valence-corrected chi connectivity index (χ1v) is 6.35. The minimum Gasteiger partial charge on any atom is -0.478 e. The van der Waals surface area contributed by atoms with Gasteiger partial charge in [-0.3, -0.25) is 9.59 Å². The molecule has 2 N–H and O–H groups in total. The summed E-state index contributed by atoms with van der Waals surface area (Å²) in [5, 5.41) is 11.6. The summed E-state index contributed by atoms with van der Waals surface area (Å²) in [5.74, 6) is -1.19. The molecule has 0 unspecified atom stereocenters.